The molecule has 0 fully saturated rings. The predicted molar refractivity (Wildman–Crippen MR) is 53.5 cm³/mol. The maximum absolute atomic E-state index is 10.5. The summed E-state index contributed by atoms with van der Waals surface area (Å²) in [5, 5.41) is 24.2. The molecule has 0 spiro atoms. The fourth-order valence-electron chi connectivity index (χ4n) is 1.39. The number of nitro benzene ring substituents is 1. The van der Waals surface area contributed by atoms with Crippen molar-refractivity contribution in [1.29, 1.82) is 0 Å². The molecular formula is C9H9N3O3. The molecule has 0 aliphatic carbocycles. The lowest BCUT2D eigenvalue weighted by Gasteiger charge is -1.93. The summed E-state index contributed by atoms with van der Waals surface area (Å²) < 4.78 is 1.56. The van der Waals surface area contributed by atoms with Crippen LogP contribution >= 0.6 is 0 Å². The van der Waals surface area contributed by atoms with Crippen molar-refractivity contribution in [1.82, 2.24) is 9.78 Å². The summed E-state index contributed by atoms with van der Waals surface area (Å²) in [4.78, 5) is 10.1. The first-order valence-electron chi connectivity index (χ1n) is 4.43. The maximum atomic E-state index is 10.5. The maximum Gasteiger partial charge on any atom is 0.271 e. The van der Waals surface area contributed by atoms with Gasteiger partial charge in [-0.05, 0) is 6.07 Å². The molecule has 1 heterocycles. The highest BCUT2D eigenvalue weighted by atomic mass is 16.6. The van der Waals surface area contributed by atoms with Crippen LogP contribution in [0.25, 0.3) is 10.9 Å². The van der Waals surface area contributed by atoms with Crippen LogP contribution in [0.15, 0.2) is 24.4 Å². The van der Waals surface area contributed by atoms with Gasteiger partial charge in [-0.15, -0.1) is 0 Å². The molecule has 0 atom stereocenters. The Morgan fingerprint density at radius 2 is 2.33 bits per heavy atom. The molecule has 2 aromatic rings. The second kappa shape index (κ2) is 3.66. The Bertz CT molecular complexity index is 506. The van der Waals surface area contributed by atoms with E-state index in [0.29, 0.717) is 12.1 Å². The Morgan fingerprint density at radius 1 is 1.53 bits per heavy atom. The highest BCUT2D eigenvalue weighted by Gasteiger charge is 2.08. The fraction of sp³-hybridized carbons (Fsp3) is 0.222. The molecule has 0 aliphatic rings. The molecule has 0 aliphatic heterocycles. The summed E-state index contributed by atoms with van der Waals surface area (Å²) in [5.41, 5.74) is 0.592. The zero-order chi connectivity index (χ0) is 10.8. The summed E-state index contributed by atoms with van der Waals surface area (Å²) in [6.45, 7) is 0.387. The molecule has 1 aromatic heterocycles. The van der Waals surface area contributed by atoms with E-state index in [-0.39, 0.29) is 12.3 Å². The zero-order valence-electron chi connectivity index (χ0n) is 7.83. The summed E-state index contributed by atoms with van der Waals surface area (Å²) in [6, 6.07) is 4.50. The van der Waals surface area contributed by atoms with Gasteiger partial charge in [0.1, 0.15) is 0 Å². The summed E-state index contributed by atoms with van der Waals surface area (Å²) in [5.74, 6) is 0. The van der Waals surface area contributed by atoms with Gasteiger partial charge in [0.2, 0.25) is 0 Å². The van der Waals surface area contributed by atoms with Gasteiger partial charge < -0.3 is 5.11 Å². The van der Waals surface area contributed by atoms with Gasteiger partial charge in [0.15, 0.2) is 0 Å². The van der Waals surface area contributed by atoms with Crippen LogP contribution in [0.1, 0.15) is 0 Å². The number of nitro groups is 1. The molecule has 15 heavy (non-hydrogen) atoms. The predicted octanol–water partition coefficient (Wildman–Crippen LogP) is 0.937. The third-order valence-electron chi connectivity index (χ3n) is 2.08. The van der Waals surface area contributed by atoms with Gasteiger partial charge >= 0.3 is 0 Å². The van der Waals surface area contributed by atoms with Crippen molar-refractivity contribution in [2.45, 2.75) is 6.54 Å². The first kappa shape index (κ1) is 9.60. The SMILES string of the molecule is O=[N+]([O-])c1ccc2cn(CCO)nc2c1. The van der Waals surface area contributed by atoms with Crippen LogP contribution in [-0.2, 0) is 6.54 Å². The van der Waals surface area contributed by atoms with Crippen LogP contribution < -0.4 is 0 Å². The van der Waals surface area contributed by atoms with Crippen LogP contribution in [0.2, 0.25) is 0 Å². The van der Waals surface area contributed by atoms with Crippen LogP contribution in [0.4, 0.5) is 5.69 Å². The topological polar surface area (TPSA) is 81.2 Å². The number of hydrogen-bond donors (Lipinski definition) is 1. The number of aliphatic hydroxyl groups excluding tert-OH is 1. The Labute approximate surface area is 84.9 Å². The van der Waals surface area contributed by atoms with Gasteiger partial charge in [-0.2, -0.15) is 5.10 Å². The van der Waals surface area contributed by atoms with E-state index < -0.39 is 4.92 Å². The van der Waals surface area contributed by atoms with E-state index in [9.17, 15) is 10.1 Å². The largest absolute Gasteiger partial charge is 0.394 e. The number of aromatic nitrogens is 2. The highest BCUT2D eigenvalue weighted by Crippen LogP contribution is 2.19. The minimum Gasteiger partial charge on any atom is -0.394 e. The van der Waals surface area contributed by atoms with E-state index in [2.05, 4.69) is 5.10 Å². The molecule has 2 rings (SSSR count). The van der Waals surface area contributed by atoms with Crippen molar-refractivity contribution < 1.29 is 10.0 Å². The quantitative estimate of drug-likeness (QED) is 0.599. The van der Waals surface area contributed by atoms with Crippen molar-refractivity contribution >= 4 is 16.6 Å². The first-order chi connectivity index (χ1) is 7.20. The summed E-state index contributed by atoms with van der Waals surface area (Å²) in [6.07, 6.45) is 1.75. The second-order valence-electron chi connectivity index (χ2n) is 3.12. The van der Waals surface area contributed by atoms with Gasteiger partial charge in [-0.1, -0.05) is 0 Å². The number of hydrogen-bond acceptors (Lipinski definition) is 4. The molecule has 1 N–H and O–H groups in total. The van der Waals surface area contributed by atoms with Crippen molar-refractivity contribution in [3.05, 3.63) is 34.5 Å². The lowest BCUT2D eigenvalue weighted by atomic mass is 10.2. The first-order valence-corrected chi connectivity index (χ1v) is 4.43. The Morgan fingerprint density at radius 3 is 3.00 bits per heavy atom. The van der Waals surface area contributed by atoms with Gasteiger partial charge in [0, 0.05) is 23.7 Å². The molecule has 78 valence electrons. The monoisotopic (exact) mass is 207 g/mol. The number of aliphatic hydroxyl groups is 1. The normalized spacial score (nSPS) is 10.7. The fourth-order valence-corrected chi connectivity index (χ4v) is 1.39. The highest BCUT2D eigenvalue weighted by molar-refractivity contribution is 5.80. The molecular weight excluding hydrogens is 198 g/mol. The van der Waals surface area contributed by atoms with E-state index >= 15 is 0 Å². The lowest BCUT2D eigenvalue weighted by molar-refractivity contribution is -0.384. The van der Waals surface area contributed by atoms with Crippen molar-refractivity contribution in [3.8, 4) is 0 Å². The number of nitrogens with zero attached hydrogens (tertiary/aromatic N) is 3. The van der Waals surface area contributed by atoms with Gasteiger partial charge in [-0.25, -0.2) is 0 Å². The van der Waals surface area contributed by atoms with Crippen LogP contribution in [-0.4, -0.2) is 26.4 Å². The van der Waals surface area contributed by atoms with E-state index in [1.807, 2.05) is 0 Å². The standard InChI is InChI=1S/C9H9N3O3/c13-4-3-11-6-7-1-2-8(12(14)15)5-9(7)10-11/h1-2,5-6,13H,3-4H2. The van der Waals surface area contributed by atoms with Crippen molar-refractivity contribution in [2.75, 3.05) is 6.61 Å². The van der Waals surface area contributed by atoms with Gasteiger partial charge in [0.25, 0.3) is 5.69 Å². The van der Waals surface area contributed by atoms with Crippen molar-refractivity contribution in [2.24, 2.45) is 0 Å². The van der Waals surface area contributed by atoms with Crippen LogP contribution in [0.5, 0.6) is 0 Å². The van der Waals surface area contributed by atoms with Crippen molar-refractivity contribution in [3.63, 3.8) is 0 Å². The third-order valence-corrected chi connectivity index (χ3v) is 2.08. The van der Waals surface area contributed by atoms with Crippen LogP contribution in [0.3, 0.4) is 0 Å². The molecule has 0 saturated heterocycles. The minimum atomic E-state index is -0.454. The molecule has 0 radical (unpaired) electrons. The van der Waals surface area contributed by atoms with E-state index in [1.54, 1.807) is 16.9 Å². The van der Waals surface area contributed by atoms with E-state index in [1.165, 1.54) is 12.1 Å². The zero-order valence-corrected chi connectivity index (χ0v) is 7.83. The molecule has 6 nitrogen and oxygen atoms in total. The van der Waals surface area contributed by atoms with E-state index in [4.69, 9.17) is 5.11 Å². The molecule has 6 heteroatoms. The van der Waals surface area contributed by atoms with Gasteiger partial charge in [0.05, 0.1) is 23.6 Å². The number of benzene rings is 1. The number of fused-ring (bicyclic) bond motifs is 1. The smallest absolute Gasteiger partial charge is 0.271 e. The molecule has 0 saturated carbocycles. The van der Waals surface area contributed by atoms with E-state index in [0.717, 1.165) is 5.39 Å². The number of rotatable bonds is 3. The Hall–Kier alpha value is -1.95. The minimum absolute atomic E-state index is 0.00389. The lowest BCUT2D eigenvalue weighted by Crippen LogP contribution is -2.01. The Balaban J connectivity index is 2.47. The molecule has 1 aromatic carbocycles. The van der Waals surface area contributed by atoms with Gasteiger partial charge in [-0.3, -0.25) is 14.8 Å². The molecule has 0 bridgehead atoms. The van der Waals surface area contributed by atoms with Crippen LogP contribution in [0, 0.1) is 10.1 Å². The Kier molecular flexibility index (Phi) is 2.34. The second-order valence-corrected chi connectivity index (χ2v) is 3.12. The summed E-state index contributed by atoms with van der Waals surface area (Å²) >= 11 is 0. The summed E-state index contributed by atoms with van der Waals surface area (Å²) in [7, 11) is 0. The third kappa shape index (κ3) is 1.79. The molecule has 0 amide bonds. The average molecular weight is 207 g/mol. The number of non-ortho nitro benzene ring substituents is 1. The molecule has 0 unspecified atom stereocenters. The average Bonchev–Trinajstić information content (AvgIpc) is 2.59.